The number of carboxylic acid groups (broad SMARTS) is 1. The van der Waals surface area contributed by atoms with Crippen LogP contribution in [0, 0.1) is 5.92 Å². The zero-order valence-corrected chi connectivity index (χ0v) is 9.70. The molecule has 2 aliphatic carbocycles. The predicted octanol–water partition coefficient (Wildman–Crippen LogP) is 2.11. The summed E-state index contributed by atoms with van der Waals surface area (Å²) in [4.78, 5) is 13.7. The maximum Gasteiger partial charge on any atom is 0.324 e. The molecule has 15 heavy (non-hydrogen) atoms. The van der Waals surface area contributed by atoms with Crippen LogP contribution in [0.5, 0.6) is 0 Å². The van der Waals surface area contributed by atoms with Gasteiger partial charge >= 0.3 is 5.97 Å². The molecule has 2 fully saturated rings. The van der Waals surface area contributed by atoms with Gasteiger partial charge in [0.25, 0.3) is 0 Å². The first kappa shape index (κ1) is 10.9. The molecule has 0 heterocycles. The number of rotatable bonds is 3. The summed E-state index contributed by atoms with van der Waals surface area (Å²) in [6.45, 7) is 2.18. The lowest BCUT2D eigenvalue weighted by atomic mass is 9.75. The molecule has 2 aliphatic rings. The molecule has 0 aromatic heterocycles. The van der Waals surface area contributed by atoms with Gasteiger partial charge in [0.15, 0.2) is 0 Å². The van der Waals surface area contributed by atoms with Gasteiger partial charge in [-0.25, -0.2) is 0 Å². The second-order valence-corrected chi connectivity index (χ2v) is 5.38. The molecule has 2 unspecified atom stereocenters. The summed E-state index contributed by atoms with van der Waals surface area (Å²) in [5.41, 5.74) is -0.557. The molecule has 2 rings (SSSR count). The van der Waals surface area contributed by atoms with Crippen LogP contribution in [0.15, 0.2) is 0 Å². The highest BCUT2D eigenvalue weighted by atomic mass is 16.4. The van der Waals surface area contributed by atoms with Crippen LogP contribution in [-0.4, -0.2) is 34.6 Å². The Morgan fingerprint density at radius 3 is 2.53 bits per heavy atom. The number of nitrogens with zero attached hydrogens (tertiary/aromatic N) is 1. The molecule has 3 heteroatoms. The van der Waals surface area contributed by atoms with Crippen LogP contribution in [0.25, 0.3) is 0 Å². The second kappa shape index (κ2) is 3.78. The monoisotopic (exact) mass is 211 g/mol. The van der Waals surface area contributed by atoms with Crippen LogP contribution in [0.2, 0.25) is 0 Å². The number of carboxylic acids is 1. The molecule has 0 bridgehead atoms. The average Bonchev–Trinajstić information content (AvgIpc) is 2.99. The maximum atomic E-state index is 11.6. The third kappa shape index (κ3) is 1.89. The summed E-state index contributed by atoms with van der Waals surface area (Å²) in [5, 5.41) is 9.51. The van der Waals surface area contributed by atoms with Crippen molar-refractivity contribution in [2.75, 3.05) is 7.05 Å². The molecule has 1 N–H and O–H groups in total. The number of hydrogen-bond acceptors (Lipinski definition) is 2. The van der Waals surface area contributed by atoms with Crippen molar-refractivity contribution >= 4 is 5.97 Å². The minimum atomic E-state index is -0.608. The lowest BCUT2D eigenvalue weighted by molar-refractivity contribution is -0.154. The van der Waals surface area contributed by atoms with Crippen LogP contribution in [0.4, 0.5) is 0 Å². The maximum absolute atomic E-state index is 11.6. The lowest BCUT2D eigenvalue weighted by Crippen LogP contribution is -2.56. The standard InChI is InChI=1S/C12H21NO2/c1-9-4-3-7-12(8-9,11(14)15)13(2)10-5-6-10/h9-10H,3-8H2,1-2H3,(H,14,15). The third-order valence-corrected chi connectivity index (χ3v) is 4.14. The highest BCUT2D eigenvalue weighted by Crippen LogP contribution is 2.41. The Bertz CT molecular complexity index is 262. The van der Waals surface area contributed by atoms with Crippen molar-refractivity contribution in [2.24, 2.45) is 5.92 Å². The normalized spacial score (nSPS) is 36.9. The van der Waals surface area contributed by atoms with Crippen LogP contribution in [-0.2, 0) is 4.79 Å². The van der Waals surface area contributed by atoms with Gasteiger partial charge in [-0.05, 0) is 38.6 Å². The van der Waals surface area contributed by atoms with E-state index < -0.39 is 11.5 Å². The van der Waals surface area contributed by atoms with E-state index in [2.05, 4.69) is 11.8 Å². The fraction of sp³-hybridized carbons (Fsp3) is 0.917. The van der Waals surface area contributed by atoms with E-state index in [1.165, 1.54) is 19.3 Å². The molecule has 0 saturated heterocycles. The zero-order valence-electron chi connectivity index (χ0n) is 9.70. The van der Waals surface area contributed by atoms with Crippen molar-refractivity contribution in [3.63, 3.8) is 0 Å². The fourth-order valence-corrected chi connectivity index (χ4v) is 3.00. The largest absolute Gasteiger partial charge is 0.480 e. The van der Waals surface area contributed by atoms with Crippen LogP contribution in [0.1, 0.15) is 45.4 Å². The van der Waals surface area contributed by atoms with Gasteiger partial charge in [-0.1, -0.05) is 19.8 Å². The van der Waals surface area contributed by atoms with Gasteiger partial charge in [0.1, 0.15) is 5.54 Å². The highest BCUT2D eigenvalue weighted by Gasteiger charge is 2.49. The lowest BCUT2D eigenvalue weighted by Gasteiger charge is -2.43. The third-order valence-electron chi connectivity index (χ3n) is 4.14. The summed E-state index contributed by atoms with van der Waals surface area (Å²) in [5.74, 6) is -0.0560. The van der Waals surface area contributed by atoms with E-state index in [1.54, 1.807) is 0 Å². The van der Waals surface area contributed by atoms with Crippen LogP contribution >= 0.6 is 0 Å². The van der Waals surface area contributed by atoms with Gasteiger partial charge in [-0.15, -0.1) is 0 Å². The van der Waals surface area contributed by atoms with E-state index in [0.29, 0.717) is 12.0 Å². The van der Waals surface area contributed by atoms with E-state index in [1.807, 2.05) is 7.05 Å². The zero-order chi connectivity index (χ0) is 11.1. The molecule has 0 aromatic rings. The first-order chi connectivity index (χ1) is 7.06. The minimum absolute atomic E-state index is 0.534. The van der Waals surface area contributed by atoms with Crippen molar-refractivity contribution in [3.05, 3.63) is 0 Å². The van der Waals surface area contributed by atoms with Gasteiger partial charge in [0.05, 0.1) is 0 Å². The van der Waals surface area contributed by atoms with Crippen LogP contribution in [0.3, 0.4) is 0 Å². The van der Waals surface area contributed by atoms with Crippen LogP contribution < -0.4 is 0 Å². The van der Waals surface area contributed by atoms with Gasteiger partial charge in [0.2, 0.25) is 0 Å². The van der Waals surface area contributed by atoms with E-state index in [-0.39, 0.29) is 0 Å². The van der Waals surface area contributed by atoms with Crippen molar-refractivity contribution in [2.45, 2.75) is 57.0 Å². The SMILES string of the molecule is CC1CCCC(C(=O)O)(N(C)C2CC2)C1. The first-order valence-corrected chi connectivity index (χ1v) is 6.02. The van der Waals surface area contributed by atoms with E-state index >= 15 is 0 Å². The minimum Gasteiger partial charge on any atom is -0.480 e. The van der Waals surface area contributed by atoms with Crippen molar-refractivity contribution in [1.82, 2.24) is 4.90 Å². The topological polar surface area (TPSA) is 40.5 Å². The smallest absolute Gasteiger partial charge is 0.324 e. The Hall–Kier alpha value is -0.570. The van der Waals surface area contributed by atoms with Crippen molar-refractivity contribution < 1.29 is 9.90 Å². The summed E-state index contributed by atoms with van der Waals surface area (Å²) >= 11 is 0. The summed E-state index contributed by atoms with van der Waals surface area (Å²) in [6.07, 6.45) is 6.27. The van der Waals surface area contributed by atoms with Gasteiger partial charge < -0.3 is 5.11 Å². The second-order valence-electron chi connectivity index (χ2n) is 5.38. The van der Waals surface area contributed by atoms with E-state index in [9.17, 15) is 9.90 Å². The van der Waals surface area contributed by atoms with Crippen molar-refractivity contribution in [3.8, 4) is 0 Å². The predicted molar refractivity (Wildman–Crippen MR) is 58.8 cm³/mol. The van der Waals surface area contributed by atoms with E-state index in [4.69, 9.17) is 0 Å². The average molecular weight is 211 g/mol. The van der Waals surface area contributed by atoms with Gasteiger partial charge in [-0.2, -0.15) is 0 Å². The molecular weight excluding hydrogens is 190 g/mol. The fourth-order valence-electron chi connectivity index (χ4n) is 3.00. The Labute approximate surface area is 91.5 Å². The first-order valence-electron chi connectivity index (χ1n) is 6.02. The molecule has 86 valence electrons. The Morgan fingerprint density at radius 2 is 2.07 bits per heavy atom. The molecule has 2 saturated carbocycles. The Kier molecular flexibility index (Phi) is 2.75. The quantitative estimate of drug-likeness (QED) is 0.777. The molecule has 0 radical (unpaired) electrons. The number of aliphatic carboxylic acids is 1. The van der Waals surface area contributed by atoms with Gasteiger partial charge in [0, 0.05) is 6.04 Å². The summed E-state index contributed by atoms with van der Waals surface area (Å²) in [7, 11) is 2.00. The number of carbonyl (C=O) groups is 1. The number of hydrogen-bond donors (Lipinski definition) is 1. The molecule has 0 aliphatic heterocycles. The molecule has 2 atom stereocenters. The molecule has 0 amide bonds. The van der Waals surface area contributed by atoms with E-state index in [0.717, 1.165) is 19.3 Å². The summed E-state index contributed by atoms with van der Waals surface area (Å²) < 4.78 is 0. The molecule has 3 nitrogen and oxygen atoms in total. The molecule has 0 aromatic carbocycles. The number of likely N-dealkylation sites (N-methyl/N-ethyl adjacent to an activating group) is 1. The summed E-state index contributed by atoms with van der Waals surface area (Å²) in [6, 6.07) is 0.534. The highest BCUT2D eigenvalue weighted by molar-refractivity contribution is 5.79. The van der Waals surface area contributed by atoms with Crippen molar-refractivity contribution in [1.29, 1.82) is 0 Å². The Morgan fingerprint density at radius 1 is 1.40 bits per heavy atom. The molecule has 0 spiro atoms. The molecular formula is C12H21NO2. The Balaban J connectivity index is 2.18. The van der Waals surface area contributed by atoms with Gasteiger partial charge in [-0.3, -0.25) is 9.69 Å².